The standard InChI is InChI=1S/C11H18FN3/c1-3-6-14-11-10(12)9(5-7-15-11)8-13-4-2/h5,7,13H,3-4,6,8H2,1-2H3,(H,14,15). The molecule has 0 amide bonds. The second-order valence-corrected chi connectivity index (χ2v) is 3.34. The summed E-state index contributed by atoms with van der Waals surface area (Å²) in [6.45, 7) is 6.16. The van der Waals surface area contributed by atoms with Crippen LogP contribution in [0.5, 0.6) is 0 Å². The van der Waals surface area contributed by atoms with Crippen LogP contribution in [0.15, 0.2) is 12.3 Å². The van der Waals surface area contributed by atoms with E-state index in [2.05, 4.69) is 15.6 Å². The van der Waals surface area contributed by atoms with Crippen LogP contribution < -0.4 is 10.6 Å². The molecule has 0 fully saturated rings. The molecule has 3 nitrogen and oxygen atoms in total. The number of hydrogen-bond donors (Lipinski definition) is 2. The third-order valence-electron chi connectivity index (χ3n) is 2.08. The molecule has 0 spiro atoms. The molecule has 0 bridgehead atoms. The first-order chi connectivity index (χ1) is 7.29. The summed E-state index contributed by atoms with van der Waals surface area (Å²) >= 11 is 0. The smallest absolute Gasteiger partial charge is 0.169 e. The summed E-state index contributed by atoms with van der Waals surface area (Å²) < 4.78 is 13.8. The lowest BCUT2D eigenvalue weighted by Gasteiger charge is -2.08. The molecule has 0 aliphatic rings. The number of nitrogens with zero attached hydrogens (tertiary/aromatic N) is 1. The predicted octanol–water partition coefficient (Wildman–Crippen LogP) is 2.15. The van der Waals surface area contributed by atoms with Crippen molar-refractivity contribution in [2.75, 3.05) is 18.4 Å². The maximum Gasteiger partial charge on any atom is 0.169 e. The van der Waals surface area contributed by atoms with Crippen LogP contribution in [0.4, 0.5) is 10.2 Å². The average molecular weight is 211 g/mol. The molecule has 0 saturated carbocycles. The van der Waals surface area contributed by atoms with Crippen molar-refractivity contribution in [2.45, 2.75) is 26.8 Å². The summed E-state index contributed by atoms with van der Waals surface area (Å²) in [4.78, 5) is 3.97. The van der Waals surface area contributed by atoms with E-state index in [1.165, 1.54) is 0 Å². The highest BCUT2D eigenvalue weighted by molar-refractivity contribution is 5.39. The Morgan fingerprint density at radius 2 is 2.20 bits per heavy atom. The van der Waals surface area contributed by atoms with Crippen LogP contribution in [-0.4, -0.2) is 18.1 Å². The van der Waals surface area contributed by atoms with E-state index in [0.717, 1.165) is 19.5 Å². The van der Waals surface area contributed by atoms with Gasteiger partial charge in [-0.1, -0.05) is 13.8 Å². The molecule has 1 aromatic rings. The lowest BCUT2D eigenvalue weighted by atomic mass is 10.2. The minimum Gasteiger partial charge on any atom is -0.368 e. The molecular weight excluding hydrogens is 193 g/mol. The number of aromatic nitrogens is 1. The Bertz CT molecular complexity index is 276. The molecule has 0 saturated heterocycles. The van der Waals surface area contributed by atoms with E-state index < -0.39 is 0 Å². The van der Waals surface area contributed by atoms with Crippen molar-refractivity contribution >= 4 is 5.82 Å². The molecule has 0 aliphatic heterocycles. The number of nitrogens with one attached hydrogen (secondary N) is 2. The SMILES string of the molecule is CCCNc1nccc(CNCC)c1F. The fourth-order valence-corrected chi connectivity index (χ4v) is 1.25. The molecule has 0 aromatic carbocycles. The van der Waals surface area contributed by atoms with Gasteiger partial charge in [-0.15, -0.1) is 0 Å². The Balaban J connectivity index is 2.71. The van der Waals surface area contributed by atoms with Gasteiger partial charge in [0.25, 0.3) is 0 Å². The number of rotatable bonds is 6. The van der Waals surface area contributed by atoms with Crippen LogP contribution in [0.3, 0.4) is 0 Å². The number of hydrogen-bond acceptors (Lipinski definition) is 3. The van der Waals surface area contributed by atoms with Gasteiger partial charge in [-0.05, 0) is 19.0 Å². The summed E-state index contributed by atoms with van der Waals surface area (Å²) in [5.74, 6) is 0.110. The number of halogens is 1. The van der Waals surface area contributed by atoms with Crippen LogP contribution >= 0.6 is 0 Å². The van der Waals surface area contributed by atoms with Crippen LogP contribution in [0, 0.1) is 5.82 Å². The lowest BCUT2D eigenvalue weighted by molar-refractivity contribution is 0.590. The molecule has 1 rings (SSSR count). The van der Waals surface area contributed by atoms with Crippen molar-refractivity contribution in [3.63, 3.8) is 0 Å². The second kappa shape index (κ2) is 6.35. The Kier molecular flexibility index (Phi) is 5.04. The maximum atomic E-state index is 13.8. The average Bonchev–Trinajstić information content (AvgIpc) is 2.26. The van der Waals surface area contributed by atoms with Gasteiger partial charge in [0, 0.05) is 24.8 Å². The topological polar surface area (TPSA) is 37.0 Å². The quantitative estimate of drug-likeness (QED) is 0.757. The van der Waals surface area contributed by atoms with E-state index in [1.807, 2.05) is 13.8 Å². The Hall–Kier alpha value is -1.16. The lowest BCUT2D eigenvalue weighted by Crippen LogP contribution is -2.14. The Morgan fingerprint density at radius 3 is 2.87 bits per heavy atom. The zero-order valence-corrected chi connectivity index (χ0v) is 9.31. The fraction of sp³-hybridized carbons (Fsp3) is 0.545. The van der Waals surface area contributed by atoms with E-state index in [4.69, 9.17) is 0 Å². The van der Waals surface area contributed by atoms with Crippen molar-refractivity contribution in [3.05, 3.63) is 23.6 Å². The minimum atomic E-state index is -0.244. The third-order valence-corrected chi connectivity index (χ3v) is 2.08. The predicted molar refractivity (Wildman–Crippen MR) is 60.4 cm³/mol. The van der Waals surface area contributed by atoms with E-state index in [0.29, 0.717) is 17.9 Å². The zero-order chi connectivity index (χ0) is 11.1. The van der Waals surface area contributed by atoms with Gasteiger partial charge < -0.3 is 10.6 Å². The van der Waals surface area contributed by atoms with Crippen LogP contribution in [0.25, 0.3) is 0 Å². The Labute approximate surface area is 90.1 Å². The first-order valence-corrected chi connectivity index (χ1v) is 5.37. The molecule has 0 radical (unpaired) electrons. The van der Waals surface area contributed by atoms with E-state index in [-0.39, 0.29) is 5.82 Å². The van der Waals surface area contributed by atoms with Crippen molar-refractivity contribution in [1.29, 1.82) is 0 Å². The molecule has 4 heteroatoms. The van der Waals surface area contributed by atoms with Crippen molar-refractivity contribution in [3.8, 4) is 0 Å². The molecular formula is C11H18FN3. The number of pyridine rings is 1. The summed E-state index contributed by atoms with van der Waals surface area (Å²) in [6, 6.07) is 1.70. The van der Waals surface area contributed by atoms with Gasteiger partial charge in [0.2, 0.25) is 0 Å². The van der Waals surface area contributed by atoms with Crippen molar-refractivity contribution in [1.82, 2.24) is 10.3 Å². The van der Waals surface area contributed by atoms with Gasteiger partial charge in [-0.25, -0.2) is 9.37 Å². The van der Waals surface area contributed by atoms with Crippen LogP contribution in [0.2, 0.25) is 0 Å². The summed E-state index contributed by atoms with van der Waals surface area (Å²) in [6.07, 6.45) is 2.59. The minimum absolute atomic E-state index is 0.244. The van der Waals surface area contributed by atoms with Gasteiger partial charge in [-0.2, -0.15) is 0 Å². The molecule has 15 heavy (non-hydrogen) atoms. The largest absolute Gasteiger partial charge is 0.368 e. The first kappa shape index (κ1) is 11.9. The highest BCUT2D eigenvalue weighted by Gasteiger charge is 2.07. The summed E-state index contributed by atoms with van der Waals surface area (Å²) in [7, 11) is 0. The van der Waals surface area contributed by atoms with Crippen molar-refractivity contribution < 1.29 is 4.39 Å². The second-order valence-electron chi connectivity index (χ2n) is 3.34. The van der Waals surface area contributed by atoms with E-state index in [1.54, 1.807) is 12.3 Å². The van der Waals surface area contributed by atoms with Gasteiger partial charge >= 0.3 is 0 Å². The van der Waals surface area contributed by atoms with E-state index in [9.17, 15) is 4.39 Å². The first-order valence-electron chi connectivity index (χ1n) is 5.37. The van der Waals surface area contributed by atoms with Gasteiger partial charge in [0.05, 0.1) is 0 Å². The zero-order valence-electron chi connectivity index (χ0n) is 9.31. The highest BCUT2D eigenvalue weighted by Crippen LogP contribution is 2.14. The maximum absolute atomic E-state index is 13.8. The monoisotopic (exact) mass is 211 g/mol. The van der Waals surface area contributed by atoms with Crippen LogP contribution in [0.1, 0.15) is 25.8 Å². The van der Waals surface area contributed by atoms with Gasteiger partial charge in [0.1, 0.15) is 0 Å². The third kappa shape index (κ3) is 3.47. The molecule has 0 atom stereocenters. The molecule has 0 unspecified atom stereocenters. The molecule has 84 valence electrons. The van der Waals surface area contributed by atoms with Crippen molar-refractivity contribution in [2.24, 2.45) is 0 Å². The summed E-state index contributed by atoms with van der Waals surface area (Å²) in [5, 5.41) is 6.06. The highest BCUT2D eigenvalue weighted by atomic mass is 19.1. The molecule has 1 heterocycles. The van der Waals surface area contributed by atoms with E-state index >= 15 is 0 Å². The van der Waals surface area contributed by atoms with Gasteiger partial charge in [-0.3, -0.25) is 0 Å². The van der Waals surface area contributed by atoms with Crippen LogP contribution in [-0.2, 0) is 6.54 Å². The summed E-state index contributed by atoms with van der Waals surface area (Å²) in [5.41, 5.74) is 0.658. The normalized spacial score (nSPS) is 10.3. The molecule has 0 aliphatic carbocycles. The molecule has 2 N–H and O–H groups in total. The van der Waals surface area contributed by atoms with Gasteiger partial charge in [0.15, 0.2) is 11.6 Å². The molecule has 1 aromatic heterocycles. The Morgan fingerprint density at radius 1 is 1.40 bits per heavy atom. The fourth-order valence-electron chi connectivity index (χ4n) is 1.25. The number of anilines is 1.